The van der Waals surface area contributed by atoms with Crippen LogP contribution < -0.4 is 5.32 Å². The van der Waals surface area contributed by atoms with Crippen LogP contribution in [0, 0.1) is 5.82 Å². The van der Waals surface area contributed by atoms with Gasteiger partial charge in [0.05, 0.1) is 6.10 Å². The van der Waals surface area contributed by atoms with Crippen LogP contribution in [-0.4, -0.2) is 16.6 Å². The summed E-state index contributed by atoms with van der Waals surface area (Å²) in [6.07, 6.45) is -0.966. The Balaban J connectivity index is 1.71. The minimum absolute atomic E-state index is 0.119. The zero-order chi connectivity index (χ0) is 13.9. The van der Waals surface area contributed by atoms with E-state index in [1.54, 1.807) is 24.3 Å². The predicted octanol–water partition coefficient (Wildman–Crippen LogP) is 3.11. The van der Waals surface area contributed by atoms with Crippen LogP contribution in [0.25, 0.3) is 11.1 Å². The molecule has 1 aromatic heterocycles. The zero-order valence-electron chi connectivity index (χ0n) is 10.6. The standard InChI is InChI=1S/C15H13FN2O2/c16-11-6-2-1-5-10(11)13(19)9-17-15-18-12-7-3-4-8-14(12)20-15/h1-8,13,19H,9H2,(H,17,18)/t13-/m1/s1. The Kier molecular flexibility index (Phi) is 3.35. The Morgan fingerprint density at radius 2 is 1.90 bits per heavy atom. The first-order valence-corrected chi connectivity index (χ1v) is 6.26. The molecule has 20 heavy (non-hydrogen) atoms. The topological polar surface area (TPSA) is 58.3 Å². The molecule has 102 valence electrons. The maximum atomic E-state index is 13.5. The fourth-order valence-corrected chi connectivity index (χ4v) is 1.99. The minimum Gasteiger partial charge on any atom is -0.424 e. The Morgan fingerprint density at radius 1 is 1.15 bits per heavy atom. The van der Waals surface area contributed by atoms with E-state index < -0.39 is 11.9 Å². The number of benzene rings is 2. The van der Waals surface area contributed by atoms with E-state index in [4.69, 9.17) is 4.42 Å². The second-order valence-corrected chi connectivity index (χ2v) is 4.40. The summed E-state index contributed by atoms with van der Waals surface area (Å²) in [7, 11) is 0. The number of hydrogen-bond acceptors (Lipinski definition) is 4. The average molecular weight is 272 g/mol. The second-order valence-electron chi connectivity index (χ2n) is 4.40. The molecule has 5 heteroatoms. The summed E-state index contributed by atoms with van der Waals surface area (Å²) in [4.78, 5) is 4.22. The maximum absolute atomic E-state index is 13.5. The Hall–Kier alpha value is -2.40. The molecule has 2 aromatic carbocycles. The first-order chi connectivity index (χ1) is 9.74. The number of anilines is 1. The van der Waals surface area contributed by atoms with Crippen molar-refractivity contribution in [3.05, 3.63) is 59.9 Å². The SMILES string of the molecule is O[C@H](CNc1nc2ccccc2o1)c1ccccc1F. The van der Waals surface area contributed by atoms with Crippen LogP contribution in [0.1, 0.15) is 11.7 Å². The van der Waals surface area contributed by atoms with E-state index in [2.05, 4.69) is 10.3 Å². The van der Waals surface area contributed by atoms with Crippen LogP contribution in [0.2, 0.25) is 0 Å². The molecule has 0 saturated heterocycles. The summed E-state index contributed by atoms with van der Waals surface area (Å²) in [5.41, 5.74) is 1.64. The number of nitrogens with zero attached hydrogens (tertiary/aromatic N) is 1. The fourth-order valence-electron chi connectivity index (χ4n) is 1.99. The lowest BCUT2D eigenvalue weighted by Gasteiger charge is -2.11. The Labute approximate surface area is 114 Å². The number of halogens is 1. The second kappa shape index (κ2) is 5.30. The van der Waals surface area contributed by atoms with E-state index in [0.29, 0.717) is 11.6 Å². The van der Waals surface area contributed by atoms with E-state index in [1.165, 1.54) is 6.07 Å². The largest absolute Gasteiger partial charge is 0.424 e. The highest BCUT2D eigenvalue weighted by molar-refractivity contribution is 5.74. The first-order valence-electron chi connectivity index (χ1n) is 6.26. The fraction of sp³-hybridized carbons (Fsp3) is 0.133. The molecular formula is C15H13FN2O2. The van der Waals surface area contributed by atoms with Crippen molar-refractivity contribution >= 4 is 17.1 Å². The van der Waals surface area contributed by atoms with Crippen molar-refractivity contribution in [3.63, 3.8) is 0 Å². The maximum Gasteiger partial charge on any atom is 0.295 e. The van der Waals surface area contributed by atoms with Gasteiger partial charge < -0.3 is 14.8 Å². The molecule has 3 rings (SSSR count). The normalized spacial score (nSPS) is 12.5. The van der Waals surface area contributed by atoms with Gasteiger partial charge >= 0.3 is 0 Å². The van der Waals surface area contributed by atoms with Crippen molar-refractivity contribution in [2.45, 2.75) is 6.10 Å². The molecule has 0 aliphatic rings. The lowest BCUT2D eigenvalue weighted by atomic mass is 10.1. The predicted molar refractivity (Wildman–Crippen MR) is 73.9 cm³/mol. The van der Waals surface area contributed by atoms with Gasteiger partial charge in [0.2, 0.25) is 0 Å². The number of aromatic nitrogens is 1. The van der Waals surface area contributed by atoms with Crippen LogP contribution in [0.15, 0.2) is 52.9 Å². The van der Waals surface area contributed by atoms with Crippen molar-refractivity contribution in [2.75, 3.05) is 11.9 Å². The third-order valence-corrected chi connectivity index (χ3v) is 3.00. The molecule has 0 unspecified atom stereocenters. The van der Waals surface area contributed by atoms with Gasteiger partial charge in [-0.2, -0.15) is 4.98 Å². The van der Waals surface area contributed by atoms with Crippen molar-refractivity contribution in [1.29, 1.82) is 0 Å². The summed E-state index contributed by atoms with van der Waals surface area (Å²) >= 11 is 0. The molecule has 3 aromatic rings. The lowest BCUT2D eigenvalue weighted by molar-refractivity contribution is 0.186. The highest BCUT2D eigenvalue weighted by Crippen LogP contribution is 2.20. The highest BCUT2D eigenvalue weighted by Gasteiger charge is 2.13. The van der Waals surface area contributed by atoms with Crippen LogP contribution >= 0.6 is 0 Å². The molecular weight excluding hydrogens is 259 g/mol. The molecule has 2 N–H and O–H groups in total. The van der Waals surface area contributed by atoms with Crippen LogP contribution in [0.4, 0.5) is 10.4 Å². The number of oxazole rings is 1. The number of fused-ring (bicyclic) bond motifs is 1. The van der Waals surface area contributed by atoms with Crippen molar-refractivity contribution < 1.29 is 13.9 Å². The van der Waals surface area contributed by atoms with Crippen molar-refractivity contribution in [2.24, 2.45) is 0 Å². The van der Waals surface area contributed by atoms with E-state index in [9.17, 15) is 9.50 Å². The summed E-state index contributed by atoms with van der Waals surface area (Å²) in [5.74, 6) is -0.431. The van der Waals surface area contributed by atoms with Gasteiger partial charge in [0, 0.05) is 12.1 Å². The molecule has 0 saturated carbocycles. The average Bonchev–Trinajstić information content (AvgIpc) is 2.88. The molecule has 4 nitrogen and oxygen atoms in total. The van der Waals surface area contributed by atoms with Gasteiger partial charge in [-0.05, 0) is 18.2 Å². The molecule has 0 amide bonds. The molecule has 1 atom stereocenters. The number of nitrogens with one attached hydrogen (secondary N) is 1. The molecule has 0 spiro atoms. The number of aliphatic hydroxyl groups is 1. The van der Waals surface area contributed by atoms with Crippen LogP contribution in [0.3, 0.4) is 0 Å². The molecule has 0 aliphatic heterocycles. The van der Waals surface area contributed by atoms with E-state index in [1.807, 2.05) is 18.2 Å². The zero-order valence-corrected chi connectivity index (χ0v) is 10.6. The summed E-state index contributed by atoms with van der Waals surface area (Å²) < 4.78 is 19.0. The molecule has 0 fully saturated rings. The quantitative estimate of drug-likeness (QED) is 0.766. The summed E-state index contributed by atoms with van der Waals surface area (Å²) in [6, 6.07) is 13.8. The van der Waals surface area contributed by atoms with E-state index >= 15 is 0 Å². The van der Waals surface area contributed by atoms with E-state index in [0.717, 1.165) is 5.52 Å². The third kappa shape index (κ3) is 2.48. The monoisotopic (exact) mass is 272 g/mol. The molecule has 0 aliphatic carbocycles. The first kappa shape index (κ1) is 12.6. The van der Waals surface area contributed by atoms with Gasteiger partial charge in [-0.1, -0.05) is 30.3 Å². The van der Waals surface area contributed by atoms with Gasteiger partial charge in [0.25, 0.3) is 6.01 Å². The van der Waals surface area contributed by atoms with Crippen molar-refractivity contribution in [3.8, 4) is 0 Å². The Morgan fingerprint density at radius 3 is 2.70 bits per heavy atom. The van der Waals surface area contributed by atoms with Gasteiger partial charge in [-0.3, -0.25) is 0 Å². The van der Waals surface area contributed by atoms with Gasteiger partial charge in [0.15, 0.2) is 5.58 Å². The Bertz CT molecular complexity index is 693. The van der Waals surface area contributed by atoms with E-state index in [-0.39, 0.29) is 12.1 Å². The number of rotatable bonds is 4. The number of aliphatic hydroxyl groups excluding tert-OH is 1. The number of hydrogen-bond donors (Lipinski definition) is 2. The smallest absolute Gasteiger partial charge is 0.295 e. The van der Waals surface area contributed by atoms with Crippen LogP contribution in [-0.2, 0) is 0 Å². The summed E-state index contributed by atoms with van der Waals surface area (Å²) in [6.45, 7) is 0.119. The van der Waals surface area contributed by atoms with Crippen molar-refractivity contribution in [1.82, 2.24) is 4.98 Å². The molecule has 0 bridgehead atoms. The van der Waals surface area contributed by atoms with Gasteiger partial charge in [-0.25, -0.2) is 4.39 Å². The summed E-state index contributed by atoms with van der Waals surface area (Å²) in [5, 5.41) is 12.8. The lowest BCUT2D eigenvalue weighted by Crippen LogP contribution is -2.13. The molecule has 0 radical (unpaired) electrons. The van der Waals surface area contributed by atoms with Gasteiger partial charge in [-0.15, -0.1) is 0 Å². The molecule has 1 heterocycles. The van der Waals surface area contributed by atoms with Crippen LogP contribution in [0.5, 0.6) is 0 Å². The highest BCUT2D eigenvalue weighted by atomic mass is 19.1. The minimum atomic E-state index is -0.966. The number of para-hydroxylation sites is 2. The third-order valence-electron chi connectivity index (χ3n) is 3.00. The van der Waals surface area contributed by atoms with Gasteiger partial charge in [0.1, 0.15) is 11.3 Å².